The summed E-state index contributed by atoms with van der Waals surface area (Å²) >= 11 is 0. The standard InChI is InChI=1S/C17H19NO6S/c1-23-13-8-10(9-14(24-2)17(13)20)7-12-16(19)11-5-3-4-6-15(11)25(21,22)18-12/h3-6,8-9,12,16,18-20H,7H2,1-2H3. The van der Waals surface area contributed by atoms with Gasteiger partial charge in [0, 0.05) is 5.56 Å². The van der Waals surface area contributed by atoms with Crippen molar-refractivity contribution in [3.63, 3.8) is 0 Å². The van der Waals surface area contributed by atoms with Crippen LogP contribution in [0.15, 0.2) is 41.3 Å². The molecule has 0 saturated heterocycles. The molecule has 1 aliphatic rings. The number of phenolic OH excluding ortho intramolecular Hbond substituents is 1. The Labute approximate surface area is 145 Å². The van der Waals surface area contributed by atoms with E-state index in [0.29, 0.717) is 11.1 Å². The second-order valence-electron chi connectivity index (χ2n) is 5.76. The van der Waals surface area contributed by atoms with Crippen LogP contribution in [0.25, 0.3) is 0 Å². The third-order valence-electron chi connectivity index (χ3n) is 4.21. The van der Waals surface area contributed by atoms with Gasteiger partial charge in [0.2, 0.25) is 15.8 Å². The van der Waals surface area contributed by atoms with Gasteiger partial charge in [-0.25, -0.2) is 13.1 Å². The molecule has 8 heteroatoms. The maximum atomic E-state index is 12.4. The number of phenols is 1. The Morgan fingerprint density at radius 3 is 2.32 bits per heavy atom. The van der Waals surface area contributed by atoms with Crippen LogP contribution in [0, 0.1) is 0 Å². The molecule has 0 radical (unpaired) electrons. The number of hydrogen-bond donors (Lipinski definition) is 3. The van der Waals surface area contributed by atoms with Crippen LogP contribution in [0.5, 0.6) is 17.2 Å². The van der Waals surface area contributed by atoms with Crippen LogP contribution in [0.1, 0.15) is 17.2 Å². The third kappa shape index (κ3) is 3.15. The minimum atomic E-state index is -3.71. The van der Waals surface area contributed by atoms with E-state index in [2.05, 4.69) is 4.72 Å². The topological polar surface area (TPSA) is 105 Å². The number of rotatable bonds is 4. The van der Waals surface area contributed by atoms with Crippen molar-refractivity contribution in [1.82, 2.24) is 4.72 Å². The van der Waals surface area contributed by atoms with Gasteiger partial charge in [0.15, 0.2) is 11.5 Å². The fraction of sp³-hybridized carbons (Fsp3) is 0.294. The minimum absolute atomic E-state index is 0.0830. The van der Waals surface area contributed by atoms with E-state index in [9.17, 15) is 18.6 Å². The number of sulfonamides is 1. The number of ether oxygens (including phenoxy) is 2. The summed E-state index contributed by atoms with van der Waals surface area (Å²) in [6.45, 7) is 0. The van der Waals surface area contributed by atoms with E-state index in [1.54, 1.807) is 30.3 Å². The Balaban J connectivity index is 1.97. The summed E-state index contributed by atoms with van der Waals surface area (Å²) in [5.74, 6) is 0.287. The van der Waals surface area contributed by atoms with Crippen molar-refractivity contribution in [1.29, 1.82) is 0 Å². The predicted octanol–water partition coefficient (Wildman–Crippen LogP) is 1.35. The van der Waals surface area contributed by atoms with Crippen molar-refractivity contribution in [2.75, 3.05) is 14.2 Å². The zero-order valence-corrected chi connectivity index (χ0v) is 14.6. The Kier molecular flexibility index (Phi) is 4.59. The lowest BCUT2D eigenvalue weighted by molar-refractivity contribution is 0.131. The highest BCUT2D eigenvalue weighted by Gasteiger charge is 2.36. The fourth-order valence-corrected chi connectivity index (χ4v) is 4.48. The van der Waals surface area contributed by atoms with E-state index in [1.165, 1.54) is 20.3 Å². The van der Waals surface area contributed by atoms with Crippen LogP contribution in [0.3, 0.4) is 0 Å². The Morgan fingerprint density at radius 1 is 1.12 bits per heavy atom. The summed E-state index contributed by atoms with van der Waals surface area (Å²) in [5, 5.41) is 20.6. The molecule has 7 nitrogen and oxygen atoms in total. The number of aliphatic hydroxyl groups is 1. The molecule has 1 heterocycles. The van der Waals surface area contributed by atoms with Crippen molar-refractivity contribution >= 4 is 10.0 Å². The van der Waals surface area contributed by atoms with Gasteiger partial charge in [-0.15, -0.1) is 0 Å². The van der Waals surface area contributed by atoms with Gasteiger partial charge in [0.25, 0.3) is 0 Å². The van der Waals surface area contributed by atoms with E-state index in [4.69, 9.17) is 9.47 Å². The van der Waals surface area contributed by atoms with E-state index in [-0.39, 0.29) is 28.6 Å². The highest BCUT2D eigenvalue weighted by atomic mass is 32.2. The van der Waals surface area contributed by atoms with Crippen LogP contribution < -0.4 is 14.2 Å². The van der Waals surface area contributed by atoms with Gasteiger partial charge in [0.1, 0.15) is 0 Å². The number of aromatic hydroxyl groups is 1. The molecule has 0 aliphatic carbocycles. The van der Waals surface area contributed by atoms with Gasteiger partial charge < -0.3 is 19.7 Å². The Bertz CT molecular complexity index is 871. The van der Waals surface area contributed by atoms with Gasteiger partial charge in [-0.3, -0.25) is 0 Å². The number of benzene rings is 2. The van der Waals surface area contributed by atoms with E-state index >= 15 is 0 Å². The zero-order chi connectivity index (χ0) is 18.2. The molecular formula is C17H19NO6S. The Hall–Kier alpha value is -2.29. The van der Waals surface area contributed by atoms with Crippen LogP contribution in [0.4, 0.5) is 0 Å². The lowest BCUT2D eigenvalue weighted by Crippen LogP contribution is -2.45. The largest absolute Gasteiger partial charge is 0.502 e. The zero-order valence-electron chi connectivity index (χ0n) is 13.8. The first-order chi connectivity index (χ1) is 11.9. The number of hydrogen-bond acceptors (Lipinski definition) is 6. The number of methoxy groups -OCH3 is 2. The molecule has 2 unspecified atom stereocenters. The molecule has 25 heavy (non-hydrogen) atoms. The van der Waals surface area contributed by atoms with Crippen LogP contribution >= 0.6 is 0 Å². The third-order valence-corrected chi connectivity index (χ3v) is 5.77. The summed E-state index contributed by atoms with van der Waals surface area (Å²) in [4.78, 5) is 0.0830. The monoisotopic (exact) mass is 365 g/mol. The van der Waals surface area contributed by atoms with Crippen molar-refractivity contribution in [2.45, 2.75) is 23.5 Å². The van der Waals surface area contributed by atoms with Gasteiger partial charge in [-0.2, -0.15) is 0 Å². The Morgan fingerprint density at radius 2 is 1.72 bits per heavy atom. The maximum absolute atomic E-state index is 12.4. The molecule has 2 atom stereocenters. The second-order valence-corrected chi connectivity index (χ2v) is 7.45. The van der Waals surface area contributed by atoms with Gasteiger partial charge in [-0.05, 0) is 30.2 Å². The molecule has 134 valence electrons. The van der Waals surface area contributed by atoms with Gasteiger partial charge >= 0.3 is 0 Å². The minimum Gasteiger partial charge on any atom is -0.502 e. The predicted molar refractivity (Wildman–Crippen MR) is 90.4 cm³/mol. The molecule has 2 aromatic carbocycles. The highest BCUT2D eigenvalue weighted by molar-refractivity contribution is 7.89. The van der Waals surface area contributed by atoms with Crippen LogP contribution in [0.2, 0.25) is 0 Å². The molecule has 3 rings (SSSR count). The molecule has 0 aromatic heterocycles. The number of aliphatic hydroxyl groups excluding tert-OH is 1. The van der Waals surface area contributed by atoms with Gasteiger partial charge in [0.05, 0.1) is 31.3 Å². The first-order valence-corrected chi connectivity index (χ1v) is 9.09. The highest BCUT2D eigenvalue weighted by Crippen LogP contribution is 2.38. The lowest BCUT2D eigenvalue weighted by Gasteiger charge is -2.31. The smallest absolute Gasteiger partial charge is 0.241 e. The lowest BCUT2D eigenvalue weighted by atomic mass is 9.96. The molecule has 2 aromatic rings. The average Bonchev–Trinajstić information content (AvgIpc) is 2.60. The quantitative estimate of drug-likeness (QED) is 0.755. The molecule has 0 amide bonds. The van der Waals surface area contributed by atoms with Crippen molar-refractivity contribution in [3.8, 4) is 17.2 Å². The molecular weight excluding hydrogens is 346 g/mol. The van der Waals surface area contributed by atoms with Crippen LogP contribution in [-0.4, -0.2) is 38.9 Å². The second kappa shape index (κ2) is 6.55. The summed E-state index contributed by atoms with van der Waals surface area (Å²) in [5.41, 5.74) is 1.02. The molecule has 0 spiro atoms. The van der Waals surface area contributed by atoms with E-state index < -0.39 is 22.2 Å². The van der Waals surface area contributed by atoms with E-state index in [0.717, 1.165) is 0 Å². The molecule has 0 saturated carbocycles. The fourth-order valence-electron chi connectivity index (χ4n) is 2.99. The first-order valence-electron chi connectivity index (χ1n) is 7.60. The molecule has 1 aliphatic heterocycles. The number of fused-ring (bicyclic) bond motifs is 1. The normalized spacial score (nSPS) is 21.4. The SMILES string of the molecule is COc1cc(CC2NS(=O)(=O)c3ccccc3C2O)cc(OC)c1O. The molecule has 3 N–H and O–H groups in total. The molecule has 0 bridgehead atoms. The summed E-state index contributed by atoms with van der Waals surface area (Å²) in [7, 11) is -0.887. The van der Waals surface area contributed by atoms with Crippen molar-refractivity contribution in [2.24, 2.45) is 0 Å². The van der Waals surface area contributed by atoms with Crippen molar-refractivity contribution < 1.29 is 28.1 Å². The van der Waals surface area contributed by atoms with Crippen molar-refractivity contribution in [3.05, 3.63) is 47.5 Å². The maximum Gasteiger partial charge on any atom is 0.241 e. The summed E-state index contributed by atoms with van der Waals surface area (Å²) in [6, 6.07) is 8.78. The molecule has 0 fully saturated rings. The summed E-state index contributed by atoms with van der Waals surface area (Å²) < 4.78 is 37.6. The van der Waals surface area contributed by atoms with E-state index in [1.807, 2.05) is 0 Å². The number of nitrogens with one attached hydrogen (secondary N) is 1. The van der Waals surface area contributed by atoms with Crippen LogP contribution in [-0.2, 0) is 16.4 Å². The first kappa shape index (κ1) is 17.5. The van der Waals surface area contributed by atoms with Gasteiger partial charge in [-0.1, -0.05) is 18.2 Å². The summed E-state index contributed by atoms with van der Waals surface area (Å²) in [6.07, 6.45) is -0.799. The average molecular weight is 365 g/mol.